The number of carbonyl (C=O) groups is 3. The molecule has 0 spiro atoms. The van der Waals surface area contributed by atoms with E-state index in [1.165, 1.54) is 24.3 Å². The minimum atomic E-state index is -1.06. The van der Waals surface area contributed by atoms with E-state index in [1.54, 1.807) is 24.3 Å². The number of nitrogens with zero attached hydrogens (tertiary/aromatic N) is 2. The van der Waals surface area contributed by atoms with Crippen molar-refractivity contribution >= 4 is 23.4 Å². The van der Waals surface area contributed by atoms with E-state index in [1.807, 2.05) is 13.8 Å². The van der Waals surface area contributed by atoms with Gasteiger partial charge in [-0.05, 0) is 31.0 Å². The molecule has 1 heterocycles. The van der Waals surface area contributed by atoms with Gasteiger partial charge in [-0.25, -0.2) is 0 Å². The van der Waals surface area contributed by atoms with Crippen molar-refractivity contribution in [2.75, 3.05) is 0 Å². The summed E-state index contributed by atoms with van der Waals surface area (Å²) < 4.78 is 0. The molecule has 0 aromatic heterocycles. The molecule has 0 saturated heterocycles. The van der Waals surface area contributed by atoms with Gasteiger partial charge in [-0.3, -0.25) is 29.4 Å². The minimum absolute atomic E-state index is 0.0612. The molecule has 8 nitrogen and oxygen atoms in total. The number of imide groups is 1. The summed E-state index contributed by atoms with van der Waals surface area (Å²) in [7, 11) is 0. The van der Waals surface area contributed by atoms with E-state index < -0.39 is 28.7 Å². The lowest BCUT2D eigenvalue weighted by Crippen LogP contribution is -2.52. The molecule has 3 amide bonds. The second kappa shape index (κ2) is 8.22. The van der Waals surface area contributed by atoms with Crippen LogP contribution in [0, 0.1) is 10.1 Å². The van der Waals surface area contributed by atoms with Crippen molar-refractivity contribution in [2.45, 2.75) is 38.8 Å². The topological polar surface area (TPSA) is 110 Å². The Morgan fingerprint density at radius 2 is 1.62 bits per heavy atom. The number of nitro groups is 1. The lowest BCUT2D eigenvalue weighted by Gasteiger charge is -2.27. The van der Waals surface area contributed by atoms with Crippen LogP contribution in [-0.2, 0) is 11.2 Å². The van der Waals surface area contributed by atoms with Crippen molar-refractivity contribution < 1.29 is 19.3 Å². The molecule has 1 aliphatic heterocycles. The van der Waals surface area contributed by atoms with Gasteiger partial charge in [0.1, 0.15) is 6.04 Å². The zero-order chi connectivity index (χ0) is 21.1. The predicted octanol–water partition coefficient (Wildman–Crippen LogP) is 2.72. The highest BCUT2D eigenvalue weighted by atomic mass is 16.6. The van der Waals surface area contributed by atoms with Gasteiger partial charge >= 0.3 is 0 Å². The minimum Gasteiger partial charge on any atom is -0.352 e. The van der Waals surface area contributed by atoms with Crippen LogP contribution in [-0.4, -0.2) is 39.6 Å². The molecule has 0 bridgehead atoms. The highest BCUT2D eigenvalue weighted by molar-refractivity contribution is 6.22. The average Bonchev–Trinajstić information content (AvgIpc) is 2.97. The Balaban J connectivity index is 1.93. The third-order valence-electron chi connectivity index (χ3n) is 5.02. The maximum atomic E-state index is 13.0. The lowest BCUT2D eigenvalue weighted by molar-refractivity contribution is -0.384. The van der Waals surface area contributed by atoms with E-state index in [9.17, 15) is 24.5 Å². The molecule has 1 aliphatic rings. The SMILES string of the molecule is CC[C@H](C)NC(=O)[C@@H](Cc1ccc([N+](=O)[O-])cc1)N1C(=O)c2ccccc2C1=O. The van der Waals surface area contributed by atoms with Crippen LogP contribution in [0.2, 0.25) is 0 Å². The molecule has 0 radical (unpaired) electrons. The van der Waals surface area contributed by atoms with Gasteiger partial charge in [-0.1, -0.05) is 31.2 Å². The Morgan fingerprint density at radius 3 is 2.10 bits per heavy atom. The third-order valence-corrected chi connectivity index (χ3v) is 5.02. The number of fused-ring (bicyclic) bond motifs is 1. The van der Waals surface area contributed by atoms with E-state index in [4.69, 9.17) is 0 Å². The second-order valence-corrected chi connectivity index (χ2v) is 6.99. The highest BCUT2D eigenvalue weighted by Crippen LogP contribution is 2.26. The quantitative estimate of drug-likeness (QED) is 0.440. The molecule has 8 heteroatoms. The van der Waals surface area contributed by atoms with Crippen LogP contribution < -0.4 is 5.32 Å². The molecule has 0 fully saturated rings. The van der Waals surface area contributed by atoms with Gasteiger partial charge in [0.2, 0.25) is 5.91 Å². The molecule has 29 heavy (non-hydrogen) atoms. The van der Waals surface area contributed by atoms with Crippen LogP contribution in [0.1, 0.15) is 46.5 Å². The third kappa shape index (κ3) is 4.01. The first-order valence-corrected chi connectivity index (χ1v) is 9.34. The molecule has 2 atom stereocenters. The van der Waals surface area contributed by atoms with Crippen molar-refractivity contribution in [1.82, 2.24) is 10.2 Å². The normalized spacial score (nSPS) is 15.0. The van der Waals surface area contributed by atoms with Crippen LogP contribution in [0.25, 0.3) is 0 Å². The Hall–Kier alpha value is -3.55. The Morgan fingerprint density at radius 1 is 1.07 bits per heavy atom. The summed E-state index contributed by atoms with van der Waals surface area (Å²) in [5, 5.41) is 13.7. The molecule has 0 aliphatic carbocycles. The summed E-state index contributed by atoms with van der Waals surface area (Å²) in [6.07, 6.45) is 0.754. The Labute approximate surface area is 167 Å². The van der Waals surface area contributed by atoms with Gasteiger partial charge in [0.25, 0.3) is 17.5 Å². The maximum absolute atomic E-state index is 13.0. The summed E-state index contributed by atoms with van der Waals surface area (Å²) >= 11 is 0. The fourth-order valence-corrected chi connectivity index (χ4v) is 3.21. The zero-order valence-corrected chi connectivity index (χ0v) is 16.1. The molecule has 150 valence electrons. The average molecular weight is 395 g/mol. The number of hydrogen-bond acceptors (Lipinski definition) is 5. The lowest BCUT2D eigenvalue weighted by atomic mass is 10.0. The van der Waals surface area contributed by atoms with Crippen LogP contribution in [0.5, 0.6) is 0 Å². The van der Waals surface area contributed by atoms with Crippen LogP contribution in [0.15, 0.2) is 48.5 Å². The molecule has 0 unspecified atom stereocenters. The van der Waals surface area contributed by atoms with E-state index >= 15 is 0 Å². The summed E-state index contributed by atoms with van der Waals surface area (Å²) in [4.78, 5) is 50.1. The largest absolute Gasteiger partial charge is 0.352 e. The van der Waals surface area contributed by atoms with Gasteiger partial charge in [0.05, 0.1) is 16.1 Å². The van der Waals surface area contributed by atoms with Crippen molar-refractivity contribution in [3.05, 3.63) is 75.3 Å². The van der Waals surface area contributed by atoms with Crippen molar-refractivity contribution in [2.24, 2.45) is 0 Å². The van der Waals surface area contributed by atoms with Crippen LogP contribution >= 0.6 is 0 Å². The summed E-state index contributed by atoms with van der Waals surface area (Å²) in [5.74, 6) is -1.47. The smallest absolute Gasteiger partial charge is 0.269 e. The molecular formula is C21H21N3O5. The molecule has 3 rings (SSSR count). The summed E-state index contributed by atoms with van der Waals surface area (Å²) in [6, 6.07) is 11.0. The van der Waals surface area contributed by atoms with Gasteiger partial charge in [-0.15, -0.1) is 0 Å². The number of amides is 3. The van der Waals surface area contributed by atoms with E-state index in [0.717, 1.165) is 4.90 Å². The Kier molecular flexibility index (Phi) is 5.72. The fraction of sp³-hybridized carbons (Fsp3) is 0.286. The molecule has 0 saturated carbocycles. The number of carbonyl (C=O) groups excluding carboxylic acids is 3. The molecule has 1 N–H and O–H groups in total. The highest BCUT2D eigenvalue weighted by Gasteiger charge is 2.42. The van der Waals surface area contributed by atoms with E-state index in [0.29, 0.717) is 12.0 Å². The van der Waals surface area contributed by atoms with E-state index in [2.05, 4.69) is 5.32 Å². The van der Waals surface area contributed by atoms with E-state index in [-0.39, 0.29) is 29.3 Å². The molecular weight excluding hydrogens is 374 g/mol. The zero-order valence-electron chi connectivity index (χ0n) is 16.1. The van der Waals surface area contributed by atoms with Crippen LogP contribution in [0.4, 0.5) is 5.69 Å². The van der Waals surface area contributed by atoms with Crippen molar-refractivity contribution in [3.8, 4) is 0 Å². The first-order chi connectivity index (χ1) is 13.8. The molecule has 2 aromatic rings. The predicted molar refractivity (Wildman–Crippen MR) is 105 cm³/mol. The molecule has 2 aromatic carbocycles. The monoisotopic (exact) mass is 395 g/mol. The number of hydrogen-bond donors (Lipinski definition) is 1. The standard InChI is InChI=1S/C21H21N3O5/c1-3-13(2)22-19(25)18(12-14-8-10-15(11-9-14)24(28)29)23-20(26)16-6-4-5-7-17(16)21(23)27/h4-11,13,18H,3,12H2,1-2H3,(H,22,25)/t13-,18+/m0/s1. The van der Waals surface area contributed by atoms with Crippen molar-refractivity contribution in [3.63, 3.8) is 0 Å². The Bertz CT molecular complexity index is 936. The number of nitro benzene ring substituents is 1. The van der Waals surface area contributed by atoms with Gasteiger partial charge in [0.15, 0.2) is 0 Å². The van der Waals surface area contributed by atoms with Crippen molar-refractivity contribution in [1.29, 1.82) is 0 Å². The van der Waals surface area contributed by atoms with Gasteiger partial charge < -0.3 is 5.32 Å². The van der Waals surface area contributed by atoms with Crippen LogP contribution in [0.3, 0.4) is 0 Å². The number of rotatable bonds is 7. The summed E-state index contributed by atoms with van der Waals surface area (Å²) in [5.41, 5.74) is 1.07. The number of nitrogens with one attached hydrogen (secondary N) is 1. The maximum Gasteiger partial charge on any atom is 0.269 e. The van der Waals surface area contributed by atoms with Gasteiger partial charge in [0, 0.05) is 24.6 Å². The fourth-order valence-electron chi connectivity index (χ4n) is 3.21. The second-order valence-electron chi connectivity index (χ2n) is 6.99. The van der Waals surface area contributed by atoms with Gasteiger partial charge in [-0.2, -0.15) is 0 Å². The first kappa shape index (κ1) is 20.2. The summed E-state index contributed by atoms with van der Waals surface area (Å²) in [6.45, 7) is 3.75. The number of benzene rings is 2. The first-order valence-electron chi connectivity index (χ1n) is 9.34. The number of non-ortho nitro benzene ring substituents is 1.